The molecule has 2 aliphatic heterocycles. The van der Waals surface area contributed by atoms with Gasteiger partial charge in [0.25, 0.3) is 0 Å². The SMILES string of the molecule is O=C1NCC2CC1C1c3ccccc3CC1C1C2c2cc(CSc3ccccn3)ccc2N1CCCO. The largest absolute Gasteiger partial charge is 0.396 e. The normalized spacial score (nSPS) is 29.1. The molecular weight excluding hydrogens is 478 g/mol. The van der Waals surface area contributed by atoms with Gasteiger partial charge in [-0.1, -0.05) is 42.5 Å². The summed E-state index contributed by atoms with van der Waals surface area (Å²) in [5.41, 5.74) is 6.90. The van der Waals surface area contributed by atoms with Crippen LogP contribution in [0, 0.1) is 17.8 Å². The molecule has 2 N–H and O–H groups in total. The van der Waals surface area contributed by atoms with Crippen molar-refractivity contribution in [3.05, 3.63) is 89.1 Å². The lowest BCUT2D eigenvalue weighted by Gasteiger charge is -2.37. The van der Waals surface area contributed by atoms with Crippen molar-refractivity contribution in [3.63, 3.8) is 0 Å². The minimum absolute atomic E-state index is 0.0454. The van der Waals surface area contributed by atoms with Crippen molar-refractivity contribution in [2.75, 3.05) is 24.6 Å². The Morgan fingerprint density at radius 3 is 2.81 bits per heavy atom. The zero-order valence-corrected chi connectivity index (χ0v) is 21.7. The van der Waals surface area contributed by atoms with Crippen LogP contribution in [0.2, 0.25) is 0 Å². The predicted octanol–water partition coefficient (Wildman–Crippen LogP) is 4.75. The maximum atomic E-state index is 13.2. The van der Waals surface area contributed by atoms with Crippen LogP contribution in [0.4, 0.5) is 5.69 Å². The molecular formula is C31H33N3O2S. The fourth-order valence-electron chi connectivity index (χ4n) is 7.86. The van der Waals surface area contributed by atoms with Crippen LogP contribution in [0.1, 0.15) is 46.9 Å². The quantitative estimate of drug-likeness (QED) is 0.468. The van der Waals surface area contributed by atoms with E-state index in [1.807, 2.05) is 18.3 Å². The number of pyridine rings is 1. The minimum Gasteiger partial charge on any atom is -0.396 e. The number of piperidine rings is 1. The number of nitrogens with one attached hydrogen (secondary N) is 1. The molecule has 1 saturated heterocycles. The number of hydrogen-bond donors (Lipinski definition) is 2. The van der Waals surface area contributed by atoms with Gasteiger partial charge in [-0.25, -0.2) is 4.98 Å². The molecule has 6 heteroatoms. The summed E-state index contributed by atoms with van der Waals surface area (Å²) in [6.45, 7) is 1.81. The standard InChI is InChI=1S/C31H33N3O2S/c35-13-5-12-34-26-10-9-19(18-37-27-8-3-4-11-32-27)14-23(26)28-21-16-25(31(36)33-17-21)29-22-7-2-1-6-20(22)15-24(29)30(28)34/h1-4,6-11,14,21,24-25,28-30,35H,5,12-13,15-18H2,(H,33,36). The molecule has 2 aliphatic carbocycles. The molecule has 6 unspecified atom stereocenters. The van der Waals surface area contributed by atoms with Gasteiger partial charge in [-0.05, 0) is 71.6 Å². The second-order valence-electron chi connectivity index (χ2n) is 11.1. The smallest absolute Gasteiger partial charge is 0.223 e. The van der Waals surface area contributed by atoms with Gasteiger partial charge in [0.05, 0.1) is 5.03 Å². The number of hydrogen-bond acceptors (Lipinski definition) is 5. The fraction of sp³-hybridized carbons (Fsp3) is 0.419. The molecule has 190 valence electrons. The summed E-state index contributed by atoms with van der Waals surface area (Å²) in [6.07, 6.45) is 4.60. The van der Waals surface area contributed by atoms with Crippen LogP contribution in [0.25, 0.3) is 0 Å². The number of carbonyl (C=O) groups excluding carboxylic acids is 1. The van der Waals surface area contributed by atoms with E-state index in [9.17, 15) is 9.90 Å². The van der Waals surface area contributed by atoms with Crippen molar-refractivity contribution in [1.82, 2.24) is 10.3 Å². The van der Waals surface area contributed by atoms with Gasteiger partial charge in [-0.2, -0.15) is 0 Å². The van der Waals surface area contributed by atoms with Crippen molar-refractivity contribution < 1.29 is 9.90 Å². The van der Waals surface area contributed by atoms with Gasteiger partial charge in [-0.15, -0.1) is 11.8 Å². The number of anilines is 1. The highest BCUT2D eigenvalue weighted by molar-refractivity contribution is 7.98. The molecule has 3 aromatic rings. The molecule has 37 heavy (non-hydrogen) atoms. The molecule has 1 saturated carbocycles. The third-order valence-corrected chi connectivity index (χ3v) is 10.2. The number of amides is 1. The zero-order chi connectivity index (χ0) is 24.9. The highest BCUT2D eigenvalue weighted by Crippen LogP contribution is 2.59. The molecule has 5 nitrogen and oxygen atoms in total. The lowest BCUT2D eigenvalue weighted by molar-refractivity contribution is -0.128. The van der Waals surface area contributed by atoms with Gasteiger partial charge in [0.1, 0.15) is 0 Å². The summed E-state index contributed by atoms with van der Waals surface area (Å²) >= 11 is 1.78. The van der Waals surface area contributed by atoms with Crippen LogP contribution in [0.3, 0.4) is 0 Å². The number of aliphatic hydroxyl groups is 1. The second-order valence-corrected chi connectivity index (χ2v) is 12.1. The molecule has 1 aromatic heterocycles. The van der Waals surface area contributed by atoms with Gasteiger partial charge in [0, 0.05) is 61.1 Å². The summed E-state index contributed by atoms with van der Waals surface area (Å²) in [5, 5.41) is 14.1. The Hall–Kier alpha value is -2.83. The van der Waals surface area contributed by atoms with Gasteiger partial charge >= 0.3 is 0 Å². The number of benzene rings is 2. The molecule has 2 fully saturated rings. The molecule has 1 amide bonds. The third kappa shape index (κ3) is 3.88. The third-order valence-electron chi connectivity index (χ3n) is 9.21. The minimum atomic E-state index is 0.0454. The van der Waals surface area contributed by atoms with E-state index < -0.39 is 0 Å². The zero-order valence-electron chi connectivity index (χ0n) is 20.9. The molecule has 6 atom stereocenters. The maximum absolute atomic E-state index is 13.2. The number of rotatable bonds is 6. The van der Waals surface area contributed by atoms with Crippen molar-refractivity contribution in [2.45, 2.75) is 47.9 Å². The van der Waals surface area contributed by atoms with E-state index in [4.69, 9.17) is 0 Å². The van der Waals surface area contributed by atoms with E-state index in [1.54, 1.807) is 11.8 Å². The van der Waals surface area contributed by atoms with Crippen molar-refractivity contribution in [1.29, 1.82) is 0 Å². The number of thioether (sulfide) groups is 1. The molecule has 2 bridgehead atoms. The van der Waals surface area contributed by atoms with Crippen LogP contribution in [0.15, 0.2) is 71.9 Å². The Balaban J connectivity index is 1.30. The highest BCUT2D eigenvalue weighted by Gasteiger charge is 2.57. The van der Waals surface area contributed by atoms with Gasteiger partial charge in [-0.3, -0.25) is 4.79 Å². The first-order valence-corrected chi connectivity index (χ1v) is 14.6. The summed E-state index contributed by atoms with van der Waals surface area (Å²) < 4.78 is 0. The van der Waals surface area contributed by atoms with Crippen molar-refractivity contribution in [3.8, 4) is 0 Å². The highest BCUT2D eigenvalue weighted by atomic mass is 32.2. The average molecular weight is 512 g/mol. The lowest BCUT2D eigenvalue weighted by atomic mass is 9.76. The topological polar surface area (TPSA) is 65.5 Å². The van der Waals surface area contributed by atoms with Crippen LogP contribution in [0.5, 0.6) is 0 Å². The van der Waals surface area contributed by atoms with E-state index in [2.05, 4.69) is 63.7 Å². The monoisotopic (exact) mass is 511 g/mol. The second kappa shape index (κ2) is 9.48. The number of aromatic nitrogens is 1. The molecule has 0 radical (unpaired) electrons. The van der Waals surface area contributed by atoms with Crippen molar-refractivity contribution >= 4 is 23.4 Å². The Kier molecular flexibility index (Phi) is 5.97. The first kappa shape index (κ1) is 23.3. The van der Waals surface area contributed by atoms with E-state index in [1.165, 1.54) is 27.9 Å². The first-order chi connectivity index (χ1) is 18.2. The van der Waals surface area contributed by atoms with E-state index in [-0.39, 0.29) is 24.3 Å². The van der Waals surface area contributed by atoms with Crippen LogP contribution in [-0.2, 0) is 17.0 Å². The molecule has 0 spiro atoms. The Bertz CT molecular complexity index is 1310. The van der Waals surface area contributed by atoms with Gasteiger partial charge in [0.15, 0.2) is 0 Å². The van der Waals surface area contributed by atoms with E-state index >= 15 is 0 Å². The van der Waals surface area contributed by atoms with Crippen LogP contribution >= 0.6 is 11.8 Å². The Labute approximate surface area is 222 Å². The van der Waals surface area contributed by atoms with Gasteiger partial charge < -0.3 is 15.3 Å². The fourth-order valence-corrected chi connectivity index (χ4v) is 8.66. The first-order valence-electron chi connectivity index (χ1n) is 13.6. The summed E-state index contributed by atoms with van der Waals surface area (Å²) in [7, 11) is 0. The van der Waals surface area contributed by atoms with Crippen molar-refractivity contribution in [2.24, 2.45) is 17.8 Å². The molecule has 7 rings (SSSR count). The lowest BCUT2D eigenvalue weighted by Crippen LogP contribution is -2.44. The van der Waals surface area contributed by atoms with E-state index in [0.717, 1.165) is 43.1 Å². The number of carbonyl (C=O) groups is 1. The van der Waals surface area contributed by atoms with Crippen LogP contribution in [-0.4, -0.2) is 41.7 Å². The summed E-state index contributed by atoms with van der Waals surface area (Å²) in [5.74, 6) is 2.66. The molecule has 2 aromatic carbocycles. The number of fused-ring (bicyclic) bond motifs is 11. The Morgan fingerprint density at radius 2 is 1.95 bits per heavy atom. The Morgan fingerprint density at radius 1 is 1.05 bits per heavy atom. The van der Waals surface area contributed by atoms with Gasteiger partial charge in [0.2, 0.25) is 5.91 Å². The summed E-state index contributed by atoms with van der Waals surface area (Å²) in [6, 6.07) is 22.3. The predicted molar refractivity (Wildman–Crippen MR) is 147 cm³/mol. The van der Waals surface area contributed by atoms with E-state index in [0.29, 0.717) is 23.8 Å². The van der Waals surface area contributed by atoms with Crippen LogP contribution < -0.4 is 10.2 Å². The summed E-state index contributed by atoms with van der Waals surface area (Å²) in [4.78, 5) is 20.3. The average Bonchev–Trinajstić information content (AvgIpc) is 3.43. The number of aliphatic hydroxyl groups excluding tert-OH is 1. The number of nitrogens with zero attached hydrogens (tertiary/aromatic N) is 2. The molecule has 4 aliphatic rings. The maximum Gasteiger partial charge on any atom is 0.223 e. The molecule has 3 heterocycles.